The molecule has 8 heteroatoms. The normalized spacial score (nSPS) is 15.7. The monoisotopic (exact) mass is 406 g/mol. The number of rotatable bonds is 4. The van der Waals surface area contributed by atoms with Gasteiger partial charge in [0.1, 0.15) is 5.02 Å². The molecule has 2 aliphatic heterocycles. The lowest BCUT2D eigenvalue weighted by Gasteiger charge is -2.19. The fourth-order valence-electron chi connectivity index (χ4n) is 3.82. The van der Waals surface area contributed by atoms with E-state index in [1.165, 1.54) is 11.1 Å². The fourth-order valence-corrected chi connectivity index (χ4v) is 4.03. The van der Waals surface area contributed by atoms with Crippen molar-refractivity contribution in [2.75, 3.05) is 21.7 Å². The van der Waals surface area contributed by atoms with Crippen molar-refractivity contribution >= 4 is 40.6 Å². The first-order valence-electron chi connectivity index (χ1n) is 9.54. The van der Waals surface area contributed by atoms with Crippen molar-refractivity contribution in [3.63, 3.8) is 0 Å². The van der Waals surface area contributed by atoms with Crippen LogP contribution in [0.1, 0.15) is 24.0 Å². The number of anilines is 4. The molecule has 146 valence electrons. The first-order chi connectivity index (χ1) is 14.2. The maximum Gasteiger partial charge on any atom is 0.229 e. The van der Waals surface area contributed by atoms with Gasteiger partial charge in [-0.05, 0) is 23.6 Å². The van der Waals surface area contributed by atoms with Crippen LogP contribution in [0.25, 0.3) is 0 Å². The van der Waals surface area contributed by atoms with Crippen LogP contribution in [0.4, 0.5) is 23.1 Å². The lowest BCUT2D eigenvalue weighted by Crippen LogP contribution is -2.23. The van der Waals surface area contributed by atoms with Gasteiger partial charge in [0.2, 0.25) is 11.9 Å². The molecule has 4 heterocycles. The van der Waals surface area contributed by atoms with Gasteiger partial charge in [0, 0.05) is 26.1 Å². The summed E-state index contributed by atoms with van der Waals surface area (Å²) < 4.78 is 0. The van der Waals surface area contributed by atoms with Crippen LogP contribution in [0.15, 0.2) is 48.9 Å². The van der Waals surface area contributed by atoms with Gasteiger partial charge in [-0.15, -0.1) is 0 Å². The first-order valence-corrected chi connectivity index (χ1v) is 9.92. The Balaban J connectivity index is 1.38. The van der Waals surface area contributed by atoms with Crippen LogP contribution in [0.2, 0.25) is 5.02 Å². The minimum absolute atomic E-state index is 0.127. The Kier molecular flexibility index (Phi) is 4.52. The average molecular weight is 407 g/mol. The van der Waals surface area contributed by atoms with E-state index < -0.39 is 0 Å². The van der Waals surface area contributed by atoms with Crippen LogP contribution < -0.4 is 15.1 Å². The van der Waals surface area contributed by atoms with E-state index in [4.69, 9.17) is 11.6 Å². The summed E-state index contributed by atoms with van der Waals surface area (Å²) in [5, 5.41) is 3.70. The zero-order chi connectivity index (χ0) is 19.8. The summed E-state index contributed by atoms with van der Waals surface area (Å²) in [7, 11) is 0. The van der Waals surface area contributed by atoms with Crippen LogP contribution in [0, 0.1) is 0 Å². The van der Waals surface area contributed by atoms with Crippen molar-refractivity contribution in [1.82, 2.24) is 15.0 Å². The molecule has 0 unspecified atom stereocenters. The Bertz CT molecular complexity index is 1060. The van der Waals surface area contributed by atoms with Gasteiger partial charge in [-0.2, -0.15) is 4.98 Å². The maximum absolute atomic E-state index is 12.0. The number of pyridine rings is 1. The van der Waals surface area contributed by atoms with Crippen LogP contribution >= 0.6 is 11.6 Å². The number of nitrogens with one attached hydrogen (secondary N) is 1. The molecule has 1 saturated heterocycles. The van der Waals surface area contributed by atoms with Crippen LogP contribution in [-0.4, -0.2) is 27.4 Å². The summed E-state index contributed by atoms with van der Waals surface area (Å²) >= 11 is 6.40. The van der Waals surface area contributed by atoms with E-state index in [1.54, 1.807) is 23.5 Å². The number of hydrogen-bond donors (Lipinski definition) is 1. The van der Waals surface area contributed by atoms with Crippen molar-refractivity contribution in [3.05, 3.63) is 65.1 Å². The number of hydrogen-bond acceptors (Lipinski definition) is 6. The number of carbonyl (C=O) groups excluding carboxylic acids is 1. The maximum atomic E-state index is 12.0. The van der Waals surface area contributed by atoms with E-state index in [2.05, 4.69) is 37.3 Å². The first kappa shape index (κ1) is 17.9. The molecule has 0 aliphatic carbocycles. The molecule has 0 radical (unpaired) electrons. The quantitative estimate of drug-likeness (QED) is 0.708. The number of halogens is 1. The van der Waals surface area contributed by atoms with E-state index in [9.17, 15) is 4.79 Å². The molecule has 1 N–H and O–H groups in total. The minimum atomic E-state index is 0.127. The van der Waals surface area contributed by atoms with E-state index in [-0.39, 0.29) is 5.91 Å². The van der Waals surface area contributed by atoms with Gasteiger partial charge in [-0.1, -0.05) is 35.9 Å². The molecular formula is C21H19ClN6O. The average Bonchev–Trinajstić information content (AvgIpc) is 3.35. The van der Waals surface area contributed by atoms with Crippen LogP contribution in [0.5, 0.6) is 0 Å². The highest BCUT2D eigenvalue weighted by Gasteiger charge is 2.23. The molecule has 2 aromatic heterocycles. The van der Waals surface area contributed by atoms with E-state index in [0.29, 0.717) is 23.2 Å². The van der Waals surface area contributed by atoms with Crippen molar-refractivity contribution in [2.45, 2.75) is 25.9 Å². The predicted molar refractivity (Wildman–Crippen MR) is 112 cm³/mol. The summed E-state index contributed by atoms with van der Waals surface area (Å²) in [6, 6.07) is 10.2. The molecule has 1 fully saturated rings. The second-order valence-corrected chi connectivity index (χ2v) is 7.60. The van der Waals surface area contributed by atoms with E-state index in [1.807, 2.05) is 18.2 Å². The van der Waals surface area contributed by atoms with Crippen molar-refractivity contribution in [2.24, 2.45) is 0 Å². The molecule has 3 aromatic rings. The van der Waals surface area contributed by atoms with Gasteiger partial charge in [0.05, 0.1) is 30.0 Å². The molecule has 5 rings (SSSR count). The molecule has 7 nitrogen and oxygen atoms in total. The number of amides is 1. The highest BCUT2D eigenvalue weighted by molar-refractivity contribution is 6.32. The molecule has 1 aromatic carbocycles. The van der Waals surface area contributed by atoms with Crippen LogP contribution in [-0.2, 0) is 17.9 Å². The molecule has 0 saturated carbocycles. The molecular weight excluding hydrogens is 388 g/mol. The number of carbonyl (C=O) groups is 1. The second kappa shape index (κ2) is 7.33. The third-order valence-electron chi connectivity index (χ3n) is 5.23. The summed E-state index contributed by atoms with van der Waals surface area (Å²) in [5.74, 6) is 1.26. The third-order valence-corrected chi connectivity index (χ3v) is 5.50. The zero-order valence-electron chi connectivity index (χ0n) is 15.7. The highest BCUT2D eigenvalue weighted by Crippen LogP contribution is 2.32. The number of aromatic nitrogens is 3. The molecule has 1 amide bonds. The smallest absolute Gasteiger partial charge is 0.229 e. The lowest BCUT2D eigenvalue weighted by molar-refractivity contribution is -0.117. The third kappa shape index (κ3) is 3.49. The van der Waals surface area contributed by atoms with Gasteiger partial charge in [-0.25, -0.2) is 4.98 Å². The Hall–Kier alpha value is -3.19. The molecule has 2 aliphatic rings. The van der Waals surface area contributed by atoms with Crippen LogP contribution in [0.3, 0.4) is 0 Å². The summed E-state index contributed by atoms with van der Waals surface area (Å²) in [6.07, 6.45) is 6.45. The number of fused-ring (bicyclic) bond motifs is 1. The Morgan fingerprint density at radius 3 is 2.59 bits per heavy atom. The van der Waals surface area contributed by atoms with E-state index >= 15 is 0 Å². The van der Waals surface area contributed by atoms with E-state index in [0.717, 1.165) is 37.4 Å². The van der Waals surface area contributed by atoms with Gasteiger partial charge >= 0.3 is 0 Å². The Morgan fingerprint density at radius 2 is 1.86 bits per heavy atom. The standard InChI is InChI=1S/C21H19ClN6O/c22-18-11-24-21(26-20(18)27-12-14-4-1-2-5-15(14)13-27)25-16-8-17(10-23-9-16)28-7-3-6-19(28)29/h1-2,4-5,8-11H,3,6-7,12-13H2,(H,24,25,26). The zero-order valence-corrected chi connectivity index (χ0v) is 16.4. The summed E-state index contributed by atoms with van der Waals surface area (Å²) in [6.45, 7) is 2.25. The fraction of sp³-hybridized carbons (Fsp3) is 0.238. The summed E-state index contributed by atoms with van der Waals surface area (Å²) in [5.41, 5.74) is 4.06. The Labute approximate surface area is 173 Å². The second-order valence-electron chi connectivity index (χ2n) is 7.20. The molecule has 0 atom stereocenters. The molecule has 29 heavy (non-hydrogen) atoms. The lowest BCUT2D eigenvalue weighted by atomic mass is 10.1. The summed E-state index contributed by atoms with van der Waals surface area (Å²) in [4.78, 5) is 29.1. The molecule has 0 bridgehead atoms. The topological polar surface area (TPSA) is 74.2 Å². The predicted octanol–water partition coefficient (Wildman–Crippen LogP) is 3.92. The minimum Gasteiger partial charge on any atom is -0.347 e. The largest absolute Gasteiger partial charge is 0.347 e. The van der Waals surface area contributed by atoms with Gasteiger partial charge in [0.25, 0.3) is 0 Å². The van der Waals surface area contributed by atoms with Gasteiger partial charge < -0.3 is 15.1 Å². The van der Waals surface area contributed by atoms with Crippen molar-refractivity contribution in [3.8, 4) is 0 Å². The molecule has 0 spiro atoms. The van der Waals surface area contributed by atoms with Crippen molar-refractivity contribution in [1.29, 1.82) is 0 Å². The number of nitrogens with zero attached hydrogens (tertiary/aromatic N) is 5. The Morgan fingerprint density at radius 1 is 1.07 bits per heavy atom. The van der Waals surface area contributed by atoms with Gasteiger partial charge in [0.15, 0.2) is 5.82 Å². The number of benzene rings is 1. The van der Waals surface area contributed by atoms with Gasteiger partial charge in [-0.3, -0.25) is 9.78 Å². The SMILES string of the molecule is O=C1CCCN1c1cncc(Nc2ncc(Cl)c(N3Cc4ccccc4C3)n2)c1. The van der Waals surface area contributed by atoms with Crippen molar-refractivity contribution < 1.29 is 4.79 Å². The highest BCUT2D eigenvalue weighted by atomic mass is 35.5.